The van der Waals surface area contributed by atoms with Crippen molar-refractivity contribution >= 4 is 0 Å². The van der Waals surface area contributed by atoms with Crippen molar-refractivity contribution in [3.8, 4) is 0 Å². The Morgan fingerprint density at radius 2 is 1.54 bits per heavy atom. The summed E-state index contributed by atoms with van der Waals surface area (Å²) in [4.78, 5) is 0. The van der Waals surface area contributed by atoms with Crippen LogP contribution in [-0.2, 0) is 0 Å². The van der Waals surface area contributed by atoms with Gasteiger partial charge in [-0.25, -0.2) is 0 Å². The summed E-state index contributed by atoms with van der Waals surface area (Å²) >= 11 is 0. The highest BCUT2D eigenvalue weighted by Crippen LogP contribution is 2.92. The van der Waals surface area contributed by atoms with Crippen LogP contribution in [0.2, 0.25) is 0 Å². The fraction of sp³-hybridized carbons (Fsp3) is 1.00. The normalized spacial score (nSPS) is 80.5. The summed E-state index contributed by atoms with van der Waals surface area (Å²) in [6.45, 7) is 0. The smallest absolute Gasteiger partial charge is 0.0282 e. The molecule has 4 atom stereocenters. The quantitative estimate of drug-likeness (QED) is 0.596. The predicted octanol–water partition coefficient (Wildman–Crippen LogP) is 1.77. The zero-order chi connectivity index (χ0) is 8.42. The molecule has 1 nitrogen and oxygen atoms in total. The number of hydrogen-bond acceptors (Lipinski definition) is 1. The molecular weight excluding hydrogens is 158 g/mol. The zero-order valence-corrected chi connectivity index (χ0v) is 8.00. The molecule has 0 saturated heterocycles. The van der Waals surface area contributed by atoms with E-state index in [-0.39, 0.29) is 0 Å². The van der Waals surface area contributed by atoms with Gasteiger partial charge in [-0.3, -0.25) is 0 Å². The topological polar surface area (TPSA) is 26.0 Å². The summed E-state index contributed by atoms with van der Waals surface area (Å²) in [7, 11) is 0. The molecule has 0 aromatic heterocycles. The minimum Gasteiger partial charge on any atom is -0.324 e. The van der Waals surface area contributed by atoms with Crippen LogP contribution in [0.3, 0.4) is 0 Å². The minimum atomic E-state index is 0.396. The highest BCUT2D eigenvalue weighted by molar-refractivity contribution is 5.44. The van der Waals surface area contributed by atoms with E-state index in [0.717, 1.165) is 35.0 Å². The van der Waals surface area contributed by atoms with E-state index in [4.69, 9.17) is 5.73 Å². The Kier molecular flexibility index (Phi) is 0.697. The van der Waals surface area contributed by atoms with E-state index in [0.29, 0.717) is 5.54 Å². The van der Waals surface area contributed by atoms with E-state index in [1.807, 2.05) is 0 Å². The van der Waals surface area contributed by atoms with Gasteiger partial charge in [-0.2, -0.15) is 0 Å². The average molecular weight is 175 g/mol. The maximum Gasteiger partial charge on any atom is 0.0282 e. The van der Waals surface area contributed by atoms with Crippen molar-refractivity contribution in [1.29, 1.82) is 0 Å². The minimum absolute atomic E-state index is 0.396. The van der Waals surface area contributed by atoms with Gasteiger partial charge in [0.25, 0.3) is 0 Å². The predicted molar refractivity (Wildman–Crippen MR) is 49.9 cm³/mol. The second-order valence-electron chi connectivity index (χ2n) is 6.39. The first-order valence-electron chi connectivity index (χ1n) is 6.10. The number of rotatable bonds is 0. The van der Waals surface area contributed by atoms with Crippen LogP contribution in [0.4, 0.5) is 0 Å². The van der Waals surface area contributed by atoms with Gasteiger partial charge in [0.15, 0.2) is 0 Å². The maximum absolute atomic E-state index is 6.67. The van der Waals surface area contributed by atoms with Crippen molar-refractivity contribution in [1.82, 2.24) is 0 Å². The molecule has 0 aliphatic heterocycles. The SMILES string of the molecule is NC12C3CC4CC1C1CCCC3C412. The second kappa shape index (κ2) is 1.41. The molecule has 4 unspecified atom stereocenters. The Morgan fingerprint density at radius 1 is 0.923 bits per heavy atom. The largest absolute Gasteiger partial charge is 0.324 e. The van der Waals surface area contributed by atoms with Gasteiger partial charge < -0.3 is 5.73 Å². The Hall–Kier alpha value is -0.0400. The number of nitrogens with two attached hydrogens (primary N) is 1. The molecule has 1 spiro atoms. The summed E-state index contributed by atoms with van der Waals surface area (Å²) in [5.74, 6) is 5.24. The zero-order valence-electron chi connectivity index (χ0n) is 8.00. The van der Waals surface area contributed by atoms with Crippen molar-refractivity contribution in [3.05, 3.63) is 0 Å². The summed E-state index contributed by atoms with van der Waals surface area (Å²) in [5.41, 5.74) is 7.80. The van der Waals surface area contributed by atoms with E-state index in [1.165, 1.54) is 32.1 Å². The van der Waals surface area contributed by atoms with Crippen LogP contribution in [0.5, 0.6) is 0 Å². The first-order valence-corrected chi connectivity index (χ1v) is 6.10. The van der Waals surface area contributed by atoms with E-state index >= 15 is 0 Å². The van der Waals surface area contributed by atoms with Gasteiger partial charge in [0.2, 0.25) is 0 Å². The first kappa shape index (κ1) is 6.44. The Morgan fingerprint density at radius 3 is 2.08 bits per heavy atom. The molecule has 0 heterocycles. The summed E-state index contributed by atoms with van der Waals surface area (Å²) in [6, 6.07) is 0. The van der Waals surface area contributed by atoms with E-state index < -0.39 is 0 Å². The first-order chi connectivity index (χ1) is 6.31. The molecule has 2 N–H and O–H groups in total. The molecule has 7 rings (SSSR count). The van der Waals surface area contributed by atoms with Crippen LogP contribution in [0, 0.1) is 35.0 Å². The van der Waals surface area contributed by atoms with Crippen molar-refractivity contribution in [2.45, 2.75) is 37.6 Å². The Bertz CT molecular complexity index is 299. The summed E-state index contributed by atoms with van der Waals surface area (Å²) < 4.78 is 0. The van der Waals surface area contributed by atoms with Crippen molar-refractivity contribution in [2.24, 2.45) is 40.7 Å². The molecule has 70 valence electrons. The molecule has 7 aliphatic rings. The van der Waals surface area contributed by atoms with Crippen LogP contribution in [-0.4, -0.2) is 5.54 Å². The molecule has 7 saturated carbocycles. The van der Waals surface area contributed by atoms with Crippen LogP contribution in [0.1, 0.15) is 32.1 Å². The molecule has 1 heteroatoms. The molecule has 0 amide bonds. The monoisotopic (exact) mass is 175 g/mol. The molecule has 13 heavy (non-hydrogen) atoms. The highest BCUT2D eigenvalue weighted by atomic mass is 15.1. The fourth-order valence-corrected chi connectivity index (χ4v) is 7.19. The average Bonchev–Trinajstić information content (AvgIpc) is 2.76. The highest BCUT2D eigenvalue weighted by Gasteiger charge is 2.93. The van der Waals surface area contributed by atoms with Crippen molar-refractivity contribution in [2.75, 3.05) is 0 Å². The molecule has 0 aromatic rings. The summed E-state index contributed by atoms with van der Waals surface area (Å²) in [6.07, 6.45) is 7.63. The van der Waals surface area contributed by atoms with Crippen LogP contribution in [0.15, 0.2) is 0 Å². The lowest BCUT2D eigenvalue weighted by atomic mass is 9.29. The molecule has 0 aromatic carbocycles. The van der Waals surface area contributed by atoms with Gasteiger partial charge >= 0.3 is 0 Å². The molecule has 7 aliphatic carbocycles. The van der Waals surface area contributed by atoms with Gasteiger partial charge in [0, 0.05) is 5.54 Å². The fourth-order valence-electron chi connectivity index (χ4n) is 7.19. The molecular formula is C12H17N. The lowest BCUT2D eigenvalue weighted by Crippen LogP contribution is -2.84. The van der Waals surface area contributed by atoms with E-state index in [2.05, 4.69) is 0 Å². The Balaban J connectivity index is 1.81. The molecule has 7 fully saturated rings. The van der Waals surface area contributed by atoms with Gasteiger partial charge in [-0.15, -0.1) is 0 Å². The Labute approximate surface area is 79.1 Å². The van der Waals surface area contributed by atoms with E-state index in [1.54, 1.807) is 0 Å². The second-order valence-corrected chi connectivity index (χ2v) is 6.39. The third kappa shape index (κ3) is 0.319. The summed E-state index contributed by atoms with van der Waals surface area (Å²) in [5, 5.41) is 0. The van der Waals surface area contributed by atoms with Gasteiger partial charge in [0.05, 0.1) is 0 Å². The van der Waals surface area contributed by atoms with Crippen molar-refractivity contribution < 1.29 is 0 Å². The third-order valence-corrected chi connectivity index (χ3v) is 6.96. The van der Waals surface area contributed by atoms with Gasteiger partial charge in [0.1, 0.15) is 0 Å². The lowest BCUT2D eigenvalue weighted by molar-refractivity contribution is -0.256. The van der Waals surface area contributed by atoms with Crippen molar-refractivity contribution in [3.63, 3.8) is 0 Å². The lowest BCUT2D eigenvalue weighted by Gasteiger charge is -2.77. The number of hydrogen-bond donors (Lipinski definition) is 1. The van der Waals surface area contributed by atoms with Crippen LogP contribution < -0.4 is 5.73 Å². The molecule has 0 radical (unpaired) electrons. The van der Waals surface area contributed by atoms with E-state index in [9.17, 15) is 0 Å². The van der Waals surface area contributed by atoms with Crippen LogP contribution >= 0.6 is 0 Å². The van der Waals surface area contributed by atoms with Crippen LogP contribution in [0.25, 0.3) is 0 Å². The third-order valence-electron chi connectivity index (χ3n) is 6.96. The molecule has 5 bridgehead atoms. The maximum atomic E-state index is 6.67. The standard InChI is InChI=1S/C12H17N/c13-12-9-4-6-5-10(12)8-3-1-2-7(9)11(6,8)12/h6-10H,1-5,13H2. The van der Waals surface area contributed by atoms with Gasteiger partial charge in [-0.1, -0.05) is 6.42 Å². The van der Waals surface area contributed by atoms with Gasteiger partial charge in [-0.05, 0) is 60.7 Å².